The Morgan fingerprint density at radius 3 is 2.69 bits per heavy atom. The Kier molecular flexibility index (Phi) is 6.50. The number of aliphatic imine (C=N–C) groups is 1. The van der Waals surface area contributed by atoms with Gasteiger partial charge in [-0.2, -0.15) is 13.2 Å². The molecule has 0 aliphatic heterocycles. The topological polar surface area (TPSA) is 50.7 Å². The number of nitrogens with zero attached hydrogens (tertiary/aromatic N) is 1. The van der Waals surface area contributed by atoms with E-state index < -0.39 is 11.1 Å². The first-order chi connectivity index (χ1) is 15.3. The lowest BCUT2D eigenvalue weighted by atomic mass is 9.86. The molecular weight excluding hydrogens is 437 g/mol. The molecular formula is C24H23F3N2O2S. The number of ether oxygens (including phenoxy) is 1. The van der Waals surface area contributed by atoms with Crippen molar-refractivity contribution in [1.29, 1.82) is 0 Å². The van der Waals surface area contributed by atoms with Gasteiger partial charge in [0.2, 0.25) is 0 Å². The second-order valence-electron chi connectivity index (χ2n) is 7.90. The molecule has 3 aromatic rings. The summed E-state index contributed by atoms with van der Waals surface area (Å²) in [6.07, 6.45) is 0.992. The quantitative estimate of drug-likeness (QED) is 0.435. The summed E-state index contributed by atoms with van der Waals surface area (Å²) >= 11 is 0.733. The minimum Gasteiger partial charge on any atom is -0.497 e. The molecule has 4 rings (SSSR count). The average Bonchev–Trinajstić information content (AvgIpc) is 3.24. The number of fused-ring (bicyclic) bond motifs is 1. The number of methoxy groups -OCH3 is 1. The number of rotatable bonds is 5. The highest BCUT2D eigenvalue weighted by Crippen LogP contribution is 2.41. The minimum absolute atomic E-state index is 0.0311. The molecule has 2 aromatic carbocycles. The lowest BCUT2D eigenvalue weighted by Crippen LogP contribution is -2.38. The van der Waals surface area contributed by atoms with Crippen molar-refractivity contribution in [3.8, 4) is 5.75 Å². The van der Waals surface area contributed by atoms with Crippen molar-refractivity contribution in [3.63, 3.8) is 0 Å². The SMILES string of the molecule is COc1ccc(C(=O)NC2CCCC(C=Nc3cccc4sc(C(F)(F)F)cc34)C2)cc1. The van der Waals surface area contributed by atoms with Crippen LogP contribution in [0.25, 0.3) is 10.1 Å². The number of thiophene rings is 1. The van der Waals surface area contributed by atoms with Crippen LogP contribution in [0.1, 0.15) is 40.9 Å². The number of alkyl halides is 3. The van der Waals surface area contributed by atoms with Crippen molar-refractivity contribution in [2.24, 2.45) is 10.9 Å². The van der Waals surface area contributed by atoms with Gasteiger partial charge in [0, 0.05) is 27.9 Å². The highest BCUT2D eigenvalue weighted by atomic mass is 32.1. The molecule has 0 saturated heterocycles. The molecule has 1 saturated carbocycles. The third-order valence-electron chi connectivity index (χ3n) is 5.64. The predicted octanol–water partition coefficient (Wildman–Crippen LogP) is 6.62. The molecule has 168 valence electrons. The fourth-order valence-electron chi connectivity index (χ4n) is 3.99. The maximum atomic E-state index is 13.1. The molecule has 1 heterocycles. The second-order valence-corrected chi connectivity index (χ2v) is 8.98. The van der Waals surface area contributed by atoms with Crippen LogP contribution in [0.4, 0.5) is 18.9 Å². The Labute approximate surface area is 188 Å². The minimum atomic E-state index is -4.36. The van der Waals surface area contributed by atoms with Crippen LogP contribution >= 0.6 is 11.3 Å². The molecule has 2 unspecified atom stereocenters. The normalized spacial score (nSPS) is 19.4. The molecule has 0 radical (unpaired) electrons. The van der Waals surface area contributed by atoms with Gasteiger partial charge in [-0.25, -0.2) is 0 Å². The van der Waals surface area contributed by atoms with Crippen LogP contribution in [-0.4, -0.2) is 25.3 Å². The molecule has 1 fully saturated rings. The molecule has 2 atom stereocenters. The van der Waals surface area contributed by atoms with E-state index in [1.165, 1.54) is 6.07 Å². The van der Waals surface area contributed by atoms with Gasteiger partial charge >= 0.3 is 6.18 Å². The molecule has 1 aliphatic rings. The van der Waals surface area contributed by atoms with Gasteiger partial charge in [0.1, 0.15) is 10.6 Å². The first kappa shape index (κ1) is 22.3. The standard InChI is InChI=1S/C24H23F3N2O2S/c1-31-18-10-8-16(9-11-18)23(30)29-17-5-2-4-15(12-17)14-28-20-6-3-7-21-19(20)13-22(32-21)24(25,26)27/h3,6-11,13-15,17H,2,4-5,12H2,1H3,(H,29,30). The third-order valence-corrected chi connectivity index (χ3v) is 6.79. The number of amides is 1. The maximum Gasteiger partial charge on any atom is 0.425 e. The molecule has 1 N–H and O–H groups in total. The van der Waals surface area contributed by atoms with Crippen LogP contribution in [0.2, 0.25) is 0 Å². The Hall–Kier alpha value is -2.87. The lowest BCUT2D eigenvalue weighted by Gasteiger charge is -2.27. The number of hydrogen-bond donors (Lipinski definition) is 1. The maximum absolute atomic E-state index is 13.1. The molecule has 1 aliphatic carbocycles. The second kappa shape index (κ2) is 9.32. The Morgan fingerprint density at radius 1 is 1.19 bits per heavy atom. The summed E-state index contributed by atoms with van der Waals surface area (Å²) in [5.74, 6) is 0.720. The first-order valence-electron chi connectivity index (χ1n) is 10.4. The van der Waals surface area contributed by atoms with Crippen LogP contribution in [0.3, 0.4) is 0 Å². The van der Waals surface area contributed by atoms with E-state index in [-0.39, 0.29) is 17.9 Å². The van der Waals surface area contributed by atoms with Gasteiger partial charge in [-0.1, -0.05) is 12.5 Å². The molecule has 0 bridgehead atoms. The van der Waals surface area contributed by atoms with E-state index in [9.17, 15) is 18.0 Å². The summed E-state index contributed by atoms with van der Waals surface area (Å²) < 4.78 is 44.9. The summed E-state index contributed by atoms with van der Waals surface area (Å²) in [5, 5.41) is 3.60. The van der Waals surface area contributed by atoms with E-state index in [2.05, 4.69) is 10.3 Å². The zero-order chi connectivity index (χ0) is 22.7. The van der Waals surface area contributed by atoms with Gasteiger partial charge in [0.05, 0.1) is 12.8 Å². The summed E-state index contributed by atoms with van der Waals surface area (Å²) in [6, 6.07) is 13.3. The summed E-state index contributed by atoms with van der Waals surface area (Å²) in [6.45, 7) is 0. The summed E-state index contributed by atoms with van der Waals surface area (Å²) in [5.41, 5.74) is 1.12. The van der Waals surface area contributed by atoms with E-state index in [4.69, 9.17) is 4.74 Å². The van der Waals surface area contributed by atoms with Crippen molar-refractivity contribution < 1.29 is 22.7 Å². The van der Waals surface area contributed by atoms with Crippen molar-refractivity contribution >= 4 is 39.2 Å². The smallest absolute Gasteiger partial charge is 0.425 e. The summed E-state index contributed by atoms with van der Waals surface area (Å²) in [4.78, 5) is 16.5. The predicted molar refractivity (Wildman–Crippen MR) is 121 cm³/mol. The number of carbonyl (C=O) groups is 1. The Morgan fingerprint density at radius 2 is 1.97 bits per heavy atom. The largest absolute Gasteiger partial charge is 0.497 e. The van der Waals surface area contributed by atoms with Crippen molar-refractivity contribution in [2.45, 2.75) is 37.9 Å². The van der Waals surface area contributed by atoms with Crippen molar-refractivity contribution in [1.82, 2.24) is 5.32 Å². The van der Waals surface area contributed by atoms with E-state index in [0.29, 0.717) is 27.1 Å². The van der Waals surface area contributed by atoms with Crippen molar-refractivity contribution in [2.75, 3.05) is 7.11 Å². The van der Waals surface area contributed by atoms with Gasteiger partial charge in [0.15, 0.2) is 0 Å². The van der Waals surface area contributed by atoms with Crippen LogP contribution in [0.5, 0.6) is 5.75 Å². The molecule has 4 nitrogen and oxygen atoms in total. The summed E-state index contributed by atoms with van der Waals surface area (Å²) in [7, 11) is 1.58. The fourth-order valence-corrected chi connectivity index (χ4v) is 4.94. The Bertz CT molecular complexity index is 1120. The molecule has 32 heavy (non-hydrogen) atoms. The highest BCUT2D eigenvalue weighted by Gasteiger charge is 2.33. The molecule has 8 heteroatoms. The number of benzene rings is 2. The number of carbonyl (C=O) groups excluding carboxylic acids is 1. The molecule has 0 spiro atoms. The van der Waals surface area contributed by atoms with Crippen molar-refractivity contribution in [3.05, 3.63) is 59.0 Å². The van der Waals surface area contributed by atoms with E-state index in [1.807, 2.05) is 6.21 Å². The van der Waals surface area contributed by atoms with Gasteiger partial charge in [-0.15, -0.1) is 11.3 Å². The van der Waals surface area contributed by atoms with E-state index in [0.717, 1.165) is 37.0 Å². The van der Waals surface area contributed by atoms with Gasteiger partial charge in [0.25, 0.3) is 5.91 Å². The van der Waals surface area contributed by atoms with Crippen LogP contribution in [0, 0.1) is 5.92 Å². The van der Waals surface area contributed by atoms with Gasteiger partial charge in [-0.05, 0) is 67.6 Å². The van der Waals surface area contributed by atoms with E-state index >= 15 is 0 Å². The molecule has 1 aromatic heterocycles. The molecule has 1 amide bonds. The van der Waals surface area contributed by atoms with Crippen LogP contribution in [-0.2, 0) is 6.18 Å². The highest BCUT2D eigenvalue weighted by molar-refractivity contribution is 7.19. The van der Waals surface area contributed by atoms with Gasteiger partial charge in [-0.3, -0.25) is 9.79 Å². The number of nitrogens with one attached hydrogen (secondary N) is 1. The lowest BCUT2D eigenvalue weighted by molar-refractivity contribution is -0.134. The number of halogens is 3. The first-order valence-corrected chi connectivity index (χ1v) is 11.2. The average molecular weight is 461 g/mol. The fraction of sp³-hybridized carbons (Fsp3) is 0.333. The Balaban J connectivity index is 1.42. The monoisotopic (exact) mass is 460 g/mol. The van der Waals surface area contributed by atoms with Crippen LogP contribution in [0.15, 0.2) is 53.5 Å². The number of hydrogen-bond acceptors (Lipinski definition) is 4. The van der Waals surface area contributed by atoms with E-state index in [1.54, 1.807) is 49.6 Å². The van der Waals surface area contributed by atoms with Gasteiger partial charge < -0.3 is 10.1 Å². The zero-order valence-electron chi connectivity index (χ0n) is 17.5. The third kappa shape index (κ3) is 5.12. The zero-order valence-corrected chi connectivity index (χ0v) is 18.3. The van der Waals surface area contributed by atoms with Crippen LogP contribution < -0.4 is 10.1 Å².